The van der Waals surface area contributed by atoms with Crippen molar-refractivity contribution in [2.75, 3.05) is 0 Å². The number of alkyl halides is 30. The summed E-state index contributed by atoms with van der Waals surface area (Å²) < 4.78 is 439. The molecule has 0 atom stereocenters. The summed E-state index contributed by atoms with van der Waals surface area (Å²) in [7, 11) is 0. The number of nitriles is 1. The van der Waals surface area contributed by atoms with E-state index in [-0.39, 0.29) is 66.7 Å². The molecule has 0 aliphatic rings. The van der Waals surface area contributed by atoms with Crippen LogP contribution in [0.2, 0.25) is 0 Å². The highest BCUT2D eigenvalue weighted by atomic mass is 19.4. The summed E-state index contributed by atoms with van der Waals surface area (Å²) in [6.07, 6.45) is -55.5. The number of aromatic nitrogens is 2. The maximum absolute atomic E-state index is 15.0. The van der Waals surface area contributed by atoms with Crippen LogP contribution in [0.25, 0.3) is 111 Å². The highest BCUT2D eigenvalue weighted by Crippen LogP contribution is 2.52. The van der Waals surface area contributed by atoms with Crippen molar-refractivity contribution in [3.8, 4) is 73.1 Å². The van der Waals surface area contributed by atoms with E-state index in [2.05, 4.69) is 0 Å². The lowest BCUT2D eigenvalue weighted by molar-refractivity contribution is -0.144. The van der Waals surface area contributed by atoms with E-state index in [9.17, 15) is 137 Å². The molecule has 0 N–H and O–H groups in total. The van der Waals surface area contributed by atoms with Crippen molar-refractivity contribution in [1.82, 2.24) is 9.13 Å². The zero-order valence-corrected chi connectivity index (χ0v) is 50.4. The van der Waals surface area contributed by atoms with Gasteiger partial charge in [-0.15, -0.1) is 0 Å². The molecule has 104 heavy (non-hydrogen) atoms. The first-order valence-corrected chi connectivity index (χ1v) is 29.0. The molecule has 0 amide bonds. The van der Waals surface area contributed by atoms with E-state index in [1.54, 1.807) is 6.07 Å². The SMILES string of the molecule is N#Cc1cc(-n2c3ccc(-c4ccc(C(F)(F)F)cc4C(F)(F)F)cc3c3cc(-c4ccc(C(F)(F)F)cc4C(F)(F)F)ccc32)c(-n2c3ccc(-c4ccc(C(F)(F)F)cc4C(F)(F)F)cc3c3cc(-c4ccc(C(F)(F)F)cc4C(F)(F)F)ccc32)cc1-c1cc(C(F)(F)F)cc(C(F)(F)F)c1. The second-order valence-corrected chi connectivity index (χ2v) is 23.4. The van der Waals surface area contributed by atoms with Crippen molar-refractivity contribution >= 4 is 43.6 Å². The Morgan fingerprint density at radius 3 is 0.673 bits per heavy atom. The molecule has 2 heterocycles. The summed E-state index contributed by atoms with van der Waals surface area (Å²) in [4.78, 5) is 0. The summed E-state index contributed by atoms with van der Waals surface area (Å²) in [6, 6.07) is 14.3. The minimum absolute atomic E-state index is 0.125. The first-order chi connectivity index (χ1) is 47.8. The van der Waals surface area contributed by atoms with Crippen molar-refractivity contribution in [2.45, 2.75) is 61.8 Å². The van der Waals surface area contributed by atoms with Crippen molar-refractivity contribution in [3.05, 3.63) is 237 Å². The van der Waals surface area contributed by atoms with E-state index in [0.29, 0.717) is 30.3 Å². The minimum Gasteiger partial charge on any atom is -0.307 e. The molecule has 0 fully saturated rings. The molecule has 2 aromatic heterocycles. The molecule has 12 rings (SSSR count). The lowest BCUT2D eigenvalue weighted by Crippen LogP contribution is -2.12. The predicted molar refractivity (Wildman–Crippen MR) is 317 cm³/mol. The number of hydrogen-bond donors (Lipinski definition) is 0. The molecule has 33 heteroatoms. The molecule has 538 valence electrons. The fraction of sp³-hybridized carbons (Fsp3) is 0.141. The predicted octanol–water partition coefficient (Wildman–Crippen LogP) is 26.3. The quantitative estimate of drug-likeness (QED) is 0.146. The molecule has 0 bridgehead atoms. The minimum atomic E-state index is -5.65. The summed E-state index contributed by atoms with van der Waals surface area (Å²) in [5.74, 6) is 0. The number of hydrogen-bond acceptors (Lipinski definition) is 1. The smallest absolute Gasteiger partial charge is 0.307 e. The molecular weight excluding hydrogens is 1460 g/mol. The van der Waals surface area contributed by atoms with Gasteiger partial charge in [-0.2, -0.15) is 137 Å². The Hall–Kier alpha value is -10.8. The zero-order chi connectivity index (χ0) is 76.3. The number of nitrogens with zero attached hydrogens (tertiary/aromatic N) is 3. The Bertz CT molecular complexity index is 5230. The van der Waals surface area contributed by atoms with Crippen LogP contribution in [-0.4, -0.2) is 9.13 Å². The average Bonchev–Trinajstić information content (AvgIpc) is 1.55. The van der Waals surface area contributed by atoms with Gasteiger partial charge in [-0.1, -0.05) is 48.5 Å². The first-order valence-electron chi connectivity index (χ1n) is 29.0. The maximum Gasteiger partial charge on any atom is 0.417 e. The molecule has 10 aromatic carbocycles. The van der Waals surface area contributed by atoms with Crippen molar-refractivity contribution in [1.29, 1.82) is 5.26 Å². The van der Waals surface area contributed by atoms with Gasteiger partial charge in [0, 0.05) is 27.1 Å². The van der Waals surface area contributed by atoms with Gasteiger partial charge < -0.3 is 9.13 Å². The van der Waals surface area contributed by atoms with Gasteiger partial charge >= 0.3 is 61.8 Å². The topological polar surface area (TPSA) is 33.6 Å². The molecule has 0 saturated heterocycles. The van der Waals surface area contributed by atoms with Gasteiger partial charge in [0.25, 0.3) is 0 Å². The fourth-order valence-electron chi connectivity index (χ4n) is 12.4. The van der Waals surface area contributed by atoms with Crippen LogP contribution in [0.15, 0.2) is 176 Å². The van der Waals surface area contributed by atoms with Crippen LogP contribution in [0, 0.1) is 11.3 Å². The van der Waals surface area contributed by atoms with Gasteiger partial charge in [-0.25, -0.2) is 0 Å². The monoisotopic (exact) mass is 1490 g/mol. The highest BCUT2D eigenvalue weighted by molar-refractivity contribution is 6.14. The molecule has 0 radical (unpaired) electrons. The summed E-state index contributed by atoms with van der Waals surface area (Å²) >= 11 is 0. The van der Waals surface area contributed by atoms with E-state index in [0.717, 1.165) is 88.0 Å². The van der Waals surface area contributed by atoms with Gasteiger partial charge in [0.1, 0.15) is 0 Å². The van der Waals surface area contributed by atoms with Gasteiger partial charge in [0.2, 0.25) is 0 Å². The van der Waals surface area contributed by atoms with Gasteiger partial charge in [-0.3, -0.25) is 0 Å². The number of benzene rings is 10. The fourth-order valence-corrected chi connectivity index (χ4v) is 12.4. The number of fused-ring (bicyclic) bond motifs is 6. The Kier molecular flexibility index (Phi) is 16.9. The lowest BCUT2D eigenvalue weighted by atomic mass is 9.94. The van der Waals surface area contributed by atoms with E-state index in [1.807, 2.05) is 0 Å². The van der Waals surface area contributed by atoms with Crippen LogP contribution in [0.5, 0.6) is 0 Å². The molecule has 0 saturated carbocycles. The third-order valence-corrected chi connectivity index (χ3v) is 17.0. The van der Waals surface area contributed by atoms with Crippen molar-refractivity contribution < 1.29 is 132 Å². The van der Waals surface area contributed by atoms with Crippen LogP contribution in [-0.2, 0) is 61.8 Å². The third-order valence-electron chi connectivity index (χ3n) is 17.0. The van der Waals surface area contributed by atoms with Crippen LogP contribution >= 0.6 is 0 Å². The van der Waals surface area contributed by atoms with E-state index in [1.165, 1.54) is 0 Å². The summed E-state index contributed by atoms with van der Waals surface area (Å²) in [5.41, 5.74) is -32.1. The Balaban J connectivity index is 1.26. The summed E-state index contributed by atoms with van der Waals surface area (Å²) in [6.45, 7) is 0. The van der Waals surface area contributed by atoms with E-state index >= 15 is 0 Å². The number of rotatable bonds is 7. The highest BCUT2D eigenvalue weighted by Gasteiger charge is 2.44. The largest absolute Gasteiger partial charge is 0.417 e. The molecule has 12 aromatic rings. The zero-order valence-electron chi connectivity index (χ0n) is 50.4. The van der Waals surface area contributed by atoms with Gasteiger partial charge in [-0.05, 0) is 177 Å². The Labute approximate surface area is 560 Å². The van der Waals surface area contributed by atoms with E-state index in [4.69, 9.17) is 0 Å². The molecule has 0 aliphatic carbocycles. The van der Waals surface area contributed by atoms with E-state index < -0.39 is 234 Å². The van der Waals surface area contributed by atoms with Crippen LogP contribution in [0.3, 0.4) is 0 Å². The van der Waals surface area contributed by atoms with Crippen LogP contribution in [0.4, 0.5) is 132 Å². The van der Waals surface area contributed by atoms with Gasteiger partial charge in [0.15, 0.2) is 0 Å². The third kappa shape index (κ3) is 13.4. The normalized spacial score (nSPS) is 13.5. The van der Waals surface area contributed by atoms with Crippen LogP contribution < -0.4 is 0 Å². The molecule has 0 aliphatic heterocycles. The molecular formula is C71H29F30N3. The molecule has 3 nitrogen and oxygen atoms in total. The average molecular weight is 1490 g/mol. The first kappa shape index (κ1) is 73.0. The second kappa shape index (κ2) is 24.1. The van der Waals surface area contributed by atoms with Gasteiger partial charge in [0.05, 0.1) is 101 Å². The standard InChI is InChI=1S/C71H29F30N3/c72-62(73,74)37-5-9-43(52(25-37)68(90,91)92)31-1-13-56-48(19-31)49-20-32(44-10-6-38(63(75,76)77)26-53(44)69(93,94)95)2-14-57(49)103(56)60-23-36(30-102)47(35-17-41(66(84,85)86)24-42(18-35)67(87,88)89)29-61(60)104-58-15-3-33(45-11-7-39(64(78,79)80)27-54(45)70(96,97)98)21-50(58)51-22-34(4-16-59(51)104)46-12-8-40(65(81,82)83)28-55(46)71(99,100)101/h1-29H. The Morgan fingerprint density at radius 1 is 0.212 bits per heavy atom. The maximum atomic E-state index is 15.0. The second-order valence-electron chi connectivity index (χ2n) is 23.4. The van der Waals surface area contributed by atoms with Crippen molar-refractivity contribution in [2.24, 2.45) is 0 Å². The number of halogens is 30. The molecule has 0 spiro atoms. The lowest BCUT2D eigenvalue weighted by Gasteiger charge is -2.21. The van der Waals surface area contributed by atoms with Crippen LogP contribution in [0.1, 0.15) is 61.2 Å². The molecule has 0 unspecified atom stereocenters. The van der Waals surface area contributed by atoms with Crippen molar-refractivity contribution in [3.63, 3.8) is 0 Å². The summed E-state index contributed by atoms with van der Waals surface area (Å²) in [5, 5.41) is 9.08. The Morgan fingerprint density at radius 2 is 0.452 bits per heavy atom.